The van der Waals surface area contributed by atoms with Gasteiger partial charge in [-0.3, -0.25) is 0 Å². The summed E-state index contributed by atoms with van der Waals surface area (Å²) in [5.74, 6) is 0. The Bertz CT molecular complexity index is 211. The van der Waals surface area contributed by atoms with E-state index in [0.29, 0.717) is 0 Å². The third-order valence-corrected chi connectivity index (χ3v) is 1.87. The topological polar surface area (TPSA) is 78.2 Å². The first-order valence-electron chi connectivity index (χ1n) is 3.65. The van der Waals surface area contributed by atoms with Gasteiger partial charge in [0.1, 0.15) is 20.1 Å². The van der Waals surface area contributed by atoms with Crippen LogP contribution in [0.1, 0.15) is 0 Å². The molecule has 12 heavy (non-hydrogen) atoms. The van der Waals surface area contributed by atoms with Gasteiger partial charge in [-0.05, 0) is 5.53 Å². The van der Waals surface area contributed by atoms with Crippen molar-refractivity contribution < 1.29 is 14.2 Å². The molecule has 1 saturated heterocycles. The Hall–Kier alpha value is -0.775. The molecule has 1 heterocycles. The highest BCUT2D eigenvalue weighted by Crippen LogP contribution is 2.22. The van der Waals surface area contributed by atoms with Crippen LogP contribution in [0.2, 0.25) is 0 Å². The summed E-state index contributed by atoms with van der Waals surface area (Å²) in [6.45, 7) is -0.0254. The van der Waals surface area contributed by atoms with Crippen LogP contribution < -0.4 is 0 Å². The average Bonchev–Trinajstić information content (AvgIpc) is 2.30. The van der Waals surface area contributed by atoms with Crippen molar-refractivity contribution in [2.45, 2.75) is 24.4 Å². The van der Waals surface area contributed by atoms with Crippen molar-refractivity contribution >= 4 is 7.85 Å². The highest BCUT2D eigenvalue weighted by Gasteiger charge is 2.40. The number of hydrogen-bond donors (Lipinski definition) is 1. The van der Waals surface area contributed by atoms with Gasteiger partial charge in [-0.25, -0.2) is 4.39 Å². The zero-order valence-corrected chi connectivity index (χ0v) is 6.59. The molecule has 0 aromatic rings. The SMILES string of the molecule is B[C@@H]1O[C@H](CN=[N+]=[N-])C(O)C1F. The minimum atomic E-state index is -1.39. The molecule has 1 rings (SSSR count). The van der Waals surface area contributed by atoms with Crippen LogP contribution >= 0.6 is 0 Å². The summed E-state index contributed by atoms with van der Waals surface area (Å²) in [6.07, 6.45) is -3.26. The Balaban J connectivity index is 2.52. The fourth-order valence-corrected chi connectivity index (χ4v) is 1.18. The summed E-state index contributed by atoms with van der Waals surface area (Å²) in [5.41, 5.74) is 7.97. The molecule has 1 N–H and O–H groups in total. The van der Waals surface area contributed by atoms with Gasteiger partial charge in [0.25, 0.3) is 0 Å². The van der Waals surface area contributed by atoms with Crippen molar-refractivity contribution in [3.05, 3.63) is 10.4 Å². The fraction of sp³-hybridized carbons (Fsp3) is 1.00. The van der Waals surface area contributed by atoms with E-state index in [0.717, 1.165) is 0 Å². The summed E-state index contributed by atoms with van der Waals surface area (Å²) in [7, 11) is 1.53. The first-order valence-corrected chi connectivity index (χ1v) is 3.65. The van der Waals surface area contributed by atoms with Crippen LogP contribution in [-0.4, -0.2) is 43.9 Å². The first-order chi connectivity index (χ1) is 5.66. The summed E-state index contributed by atoms with van der Waals surface area (Å²) >= 11 is 0. The molecule has 0 radical (unpaired) electrons. The second-order valence-corrected chi connectivity index (χ2v) is 2.73. The number of aliphatic hydroxyl groups excluding tert-OH is 1. The van der Waals surface area contributed by atoms with Crippen LogP contribution in [0.3, 0.4) is 0 Å². The maximum atomic E-state index is 12.9. The van der Waals surface area contributed by atoms with Crippen molar-refractivity contribution in [1.29, 1.82) is 0 Å². The van der Waals surface area contributed by atoms with E-state index in [1.54, 1.807) is 0 Å². The highest BCUT2D eigenvalue weighted by molar-refractivity contribution is 6.11. The zero-order chi connectivity index (χ0) is 9.14. The molecule has 1 aliphatic heterocycles. The van der Waals surface area contributed by atoms with Gasteiger partial charge in [-0.1, -0.05) is 5.11 Å². The molecule has 0 saturated carbocycles. The number of rotatable bonds is 2. The van der Waals surface area contributed by atoms with E-state index in [2.05, 4.69) is 10.0 Å². The molecule has 0 aliphatic carbocycles. The van der Waals surface area contributed by atoms with E-state index in [1.807, 2.05) is 0 Å². The maximum absolute atomic E-state index is 12.9. The van der Waals surface area contributed by atoms with Gasteiger partial charge in [0.2, 0.25) is 0 Å². The quantitative estimate of drug-likeness (QED) is 0.260. The lowest BCUT2D eigenvalue weighted by Crippen LogP contribution is -2.30. The van der Waals surface area contributed by atoms with Gasteiger partial charge in [0, 0.05) is 4.91 Å². The van der Waals surface area contributed by atoms with Crippen molar-refractivity contribution in [1.82, 2.24) is 0 Å². The number of nitrogens with zero attached hydrogens (tertiary/aromatic N) is 3. The van der Waals surface area contributed by atoms with E-state index in [1.165, 1.54) is 7.85 Å². The van der Waals surface area contributed by atoms with E-state index in [4.69, 9.17) is 10.3 Å². The lowest BCUT2D eigenvalue weighted by atomic mass is 9.94. The van der Waals surface area contributed by atoms with Crippen LogP contribution in [0.5, 0.6) is 0 Å². The largest absolute Gasteiger partial charge is 0.387 e. The summed E-state index contributed by atoms with van der Waals surface area (Å²) in [5, 5.41) is 12.4. The van der Waals surface area contributed by atoms with Gasteiger partial charge in [0.05, 0.1) is 18.7 Å². The third kappa shape index (κ3) is 1.69. The van der Waals surface area contributed by atoms with Crippen LogP contribution in [-0.2, 0) is 4.74 Å². The van der Waals surface area contributed by atoms with Crippen LogP contribution in [0.15, 0.2) is 5.11 Å². The zero-order valence-electron chi connectivity index (χ0n) is 6.59. The highest BCUT2D eigenvalue weighted by atomic mass is 19.1. The number of hydrogen-bond acceptors (Lipinski definition) is 3. The molecule has 2 unspecified atom stereocenters. The average molecular weight is 173 g/mol. The Morgan fingerprint density at radius 1 is 1.75 bits per heavy atom. The number of azide groups is 1. The van der Waals surface area contributed by atoms with Crippen LogP contribution in [0.25, 0.3) is 10.4 Å². The molecule has 0 amide bonds. The second kappa shape index (κ2) is 3.75. The van der Waals surface area contributed by atoms with Gasteiger partial charge >= 0.3 is 0 Å². The predicted molar refractivity (Wildman–Crippen MR) is 42.1 cm³/mol. The molecule has 1 aliphatic rings. The standard InChI is InChI=1S/C5H9BFN3O2/c6-5-3(7)4(11)2(12-5)1-9-10-8/h2-5,11H,1,6H2/t2-,3?,4?,5-/m1/s1. The fourth-order valence-electron chi connectivity index (χ4n) is 1.18. The predicted octanol–water partition coefficient (Wildman–Crippen LogP) is -0.646. The molecule has 0 aromatic carbocycles. The van der Waals surface area contributed by atoms with E-state index in [9.17, 15) is 9.50 Å². The molecule has 0 aromatic heterocycles. The number of halogens is 1. The Morgan fingerprint density at radius 2 is 2.42 bits per heavy atom. The van der Waals surface area contributed by atoms with Crippen LogP contribution in [0, 0.1) is 0 Å². The molecule has 4 atom stereocenters. The molecule has 7 heteroatoms. The van der Waals surface area contributed by atoms with Gasteiger partial charge < -0.3 is 9.84 Å². The molecule has 0 spiro atoms. The number of ether oxygens (including phenoxy) is 1. The van der Waals surface area contributed by atoms with E-state index in [-0.39, 0.29) is 6.54 Å². The van der Waals surface area contributed by atoms with E-state index < -0.39 is 24.4 Å². The third-order valence-electron chi connectivity index (χ3n) is 1.87. The second-order valence-electron chi connectivity index (χ2n) is 2.73. The smallest absolute Gasteiger partial charge is 0.146 e. The van der Waals surface area contributed by atoms with Crippen molar-refractivity contribution in [3.8, 4) is 0 Å². The lowest BCUT2D eigenvalue weighted by molar-refractivity contribution is 0.0365. The summed E-state index contributed by atoms with van der Waals surface area (Å²) in [6, 6.07) is -0.626. The van der Waals surface area contributed by atoms with Crippen molar-refractivity contribution in [3.63, 3.8) is 0 Å². The first kappa shape index (κ1) is 9.31. The monoisotopic (exact) mass is 173 g/mol. The molecular formula is C5H9BFN3O2. The molecule has 1 fully saturated rings. The maximum Gasteiger partial charge on any atom is 0.146 e. The lowest BCUT2D eigenvalue weighted by Gasteiger charge is -2.09. The van der Waals surface area contributed by atoms with Crippen LogP contribution in [0.4, 0.5) is 4.39 Å². The van der Waals surface area contributed by atoms with Crippen molar-refractivity contribution in [2.75, 3.05) is 6.54 Å². The Kier molecular flexibility index (Phi) is 2.91. The number of aliphatic hydroxyl groups is 1. The van der Waals surface area contributed by atoms with E-state index >= 15 is 0 Å². The van der Waals surface area contributed by atoms with Crippen molar-refractivity contribution in [2.24, 2.45) is 5.11 Å². The number of alkyl halides is 1. The Labute approximate surface area is 69.6 Å². The Morgan fingerprint density at radius 3 is 2.83 bits per heavy atom. The van der Waals surface area contributed by atoms with Gasteiger partial charge in [-0.15, -0.1) is 0 Å². The minimum Gasteiger partial charge on any atom is -0.387 e. The molecule has 66 valence electrons. The molecule has 5 nitrogen and oxygen atoms in total. The molecule has 0 bridgehead atoms. The molecular weight excluding hydrogens is 164 g/mol. The summed E-state index contributed by atoms with van der Waals surface area (Å²) in [4.78, 5) is 2.50. The van der Waals surface area contributed by atoms with Gasteiger partial charge in [0.15, 0.2) is 0 Å². The normalized spacial score (nSPS) is 40.8. The minimum absolute atomic E-state index is 0.0254. The van der Waals surface area contributed by atoms with Gasteiger partial charge in [-0.2, -0.15) is 0 Å². The summed E-state index contributed by atoms with van der Waals surface area (Å²) < 4.78 is 17.9.